The van der Waals surface area contributed by atoms with Crippen LogP contribution in [0.25, 0.3) is 5.76 Å². The summed E-state index contributed by atoms with van der Waals surface area (Å²) in [6.45, 7) is 1.37. The van der Waals surface area contributed by atoms with Crippen LogP contribution < -0.4 is 24.4 Å². The molecule has 3 aromatic carbocycles. The second-order valence-electron chi connectivity index (χ2n) is 8.25. The Morgan fingerprint density at radius 3 is 2.30 bits per heavy atom. The van der Waals surface area contributed by atoms with Gasteiger partial charge >= 0.3 is 0 Å². The van der Waals surface area contributed by atoms with Crippen LogP contribution in [0.3, 0.4) is 0 Å². The maximum Gasteiger partial charge on any atom is 0.300 e. The number of methoxy groups -OCH3 is 3. The van der Waals surface area contributed by atoms with Crippen molar-refractivity contribution in [3.63, 3.8) is 0 Å². The van der Waals surface area contributed by atoms with Crippen LogP contribution >= 0.6 is 0 Å². The van der Waals surface area contributed by atoms with Crippen molar-refractivity contribution in [1.29, 1.82) is 0 Å². The lowest BCUT2D eigenvalue weighted by Crippen LogP contribution is -2.29. The van der Waals surface area contributed by atoms with E-state index in [4.69, 9.17) is 14.2 Å². The maximum absolute atomic E-state index is 13.4. The average Bonchev–Trinajstić information content (AvgIpc) is 3.17. The van der Waals surface area contributed by atoms with Crippen LogP contribution in [0.4, 0.5) is 11.4 Å². The number of rotatable bonds is 7. The Balaban J connectivity index is 1.94. The van der Waals surface area contributed by atoms with Crippen molar-refractivity contribution in [2.75, 3.05) is 31.5 Å². The highest BCUT2D eigenvalue weighted by Crippen LogP contribution is 2.44. The van der Waals surface area contributed by atoms with Crippen molar-refractivity contribution in [2.24, 2.45) is 0 Å². The summed E-state index contributed by atoms with van der Waals surface area (Å²) in [5, 5.41) is 14.1. The molecule has 2 N–H and O–H groups in total. The van der Waals surface area contributed by atoms with Crippen molar-refractivity contribution < 1.29 is 33.7 Å². The third-order valence-electron chi connectivity index (χ3n) is 5.96. The van der Waals surface area contributed by atoms with E-state index in [9.17, 15) is 19.5 Å². The van der Waals surface area contributed by atoms with Gasteiger partial charge < -0.3 is 24.6 Å². The van der Waals surface area contributed by atoms with Crippen LogP contribution in [0, 0.1) is 0 Å². The number of ketones is 1. The summed E-state index contributed by atoms with van der Waals surface area (Å²) in [6, 6.07) is 17.2. The van der Waals surface area contributed by atoms with Crippen molar-refractivity contribution in [3.8, 4) is 17.2 Å². The van der Waals surface area contributed by atoms with Gasteiger partial charge in [0.05, 0.1) is 32.9 Å². The zero-order valence-electron chi connectivity index (χ0n) is 20.8. The van der Waals surface area contributed by atoms with E-state index in [0.29, 0.717) is 34.2 Å². The van der Waals surface area contributed by atoms with E-state index < -0.39 is 17.7 Å². The first-order chi connectivity index (χ1) is 17.8. The van der Waals surface area contributed by atoms with Gasteiger partial charge in [-0.3, -0.25) is 19.3 Å². The molecule has 9 heteroatoms. The van der Waals surface area contributed by atoms with Gasteiger partial charge in [0, 0.05) is 23.9 Å². The van der Waals surface area contributed by atoms with Crippen LogP contribution in [0.1, 0.15) is 24.1 Å². The smallest absolute Gasteiger partial charge is 0.300 e. The normalized spacial score (nSPS) is 16.4. The van der Waals surface area contributed by atoms with Gasteiger partial charge in [-0.2, -0.15) is 0 Å². The predicted octanol–water partition coefficient (Wildman–Crippen LogP) is 4.30. The quantitative estimate of drug-likeness (QED) is 0.281. The number of nitrogens with zero attached hydrogens (tertiary/aromatic N) is 1. The topological polar surface area (TPSA) is 114 Å². The minimum absolute atomic E-state index is 0.101. The Bertz CT molecular complexity index is 1410. The number of Topliss-reactive ketones (excluding diaryl/α,β-unsaturated/α-hetero) is 1. The molecular formula is C28H26N2O7. The highest BCUT2D eigenvalue weighted by molar-refractivity contribution is 6.51. The second kappa shape index (κ2) is 10.4. The average molecular weight is 503 g/mol. The van der Waals surface area contributed by atoms with Gasteiger partial charge in [0.2, 0.25) is 5.91 Å². The van der Waals surface area contributed by atoms with E-state index in [1.54, 1.807) is 60.7 Å². The van der Waals surface area contributed by atoms with E-state index in [1.807, 2.05) is 0 Å². The van der Waals surface area contributed by atoms with Crippen molar-refractivity contribution in [3.05, 3.63) is 83.4 Å². The monoisotopic (exact) mass is 502 g/mol. The first kappa shape index (κ1) is 25.3. The molecule has 0 bridgehead atoms. The summed E-state index contributed by atoms with van der Waals surface area (Å²) in [4.78, 5) is 39.7. The zero-order valence-corrected chi connectivity index (χ0v) is 20.8. The molecule has 37 heavy (non-hydrogen) atoms. The van der Waals surface area contributed by atoms with E-state index in [-0.39, 0.29) is 22.8 Å². The molecule has 0 aliphatic carbocycles. The molecular weight excluding hydrogens is 476 g/mol. The van der Waals surface area contributed by atoms with Crippen LogP contribution in [0.15, 0.2) is 72.3 Å². The number of hydrogen-bond acceptors (Lipinski definition) is 7. The molecule has 3 aromatic rings. The Morgan fingerprint density at radius 2 is 1.62 bits per heavy atom. The fraction of sp³-hybridized carbons (Fsp3) is 0.179. The van der Waals surface area contributed by atoms with E-state index >= 15 is 0 Å². The van der Waals surface area contributed by atoms with Crippen molar-refractivity contribution >= 4 is 34.7 Å². The Labute approximate surface area is 213 Å². The van der Waals surface area contributed by atoms with Gasteiger partial charge in [-0.05, 0) is 54.1 Å². The lowest BCUT2D eigenvalue weighted by Gasteiger charge is -2.26. The van der Waals surface area contributed by atoms with Gasteiger partial charge in [0.25, 0.3) is 11.7 Å². The molecule has 1 aliphatic heterocycles. The lowest BCUT2D eigenvalue weighted by molar-refractivity contribution is -0.132. The van der Waals surface area contributed by atoms with E-state index in [1.165, 1.54) is 39.2 Å². The molecule has 1 fully saturated rings. The third kappa shape index (κ3) is 4.84. The molecule has 0 aromatic heterocycles. The van der Waals surface area contributed by atoms with E-state index in [2.05, 4.69) is 5.32 Å². The Morgan fingerprint density at radius 1 is 0.892 bits per heavy atom. The summed E-state index contributed by atoms with van der Waals surface area (Å²) in [5.74, 6) is -1.02. The summed E-state index contributed by atoms with van der Waals surface area (Å²) in [5.41, 5.74) is 1.54. The predicted molar refractivity (Wildman–Crippen MR) is 138 cm³/mol. The van der Waals surface area contributed by atoms with E-state index in [0.717, 1.165) is 0 Å². The number of hydrogen-bond donors (Lipinski definition) is 2. The summed E-state index contributed by atoms with van der Waals surface area (Å²) in [7, 11) is 4.45. The molecule has 190 valence electrons. The van der Waals surface area contributed by atoms with Crippen LogP contribution in [0.2, 0.25) is 0 Å². The minimum Gasteiger partial charge on any atom is -0.507 e. The fourth-order valence-corrected chi connectivity index (χ4v) is 4.30. The number of benzene rings is 3. The van der Waals surface area contributed by atoms with Gasteiger partial charge in [-0.1, -0.05) is 18.2 Å². The SMILES string of the molecule is COc1cccc(C2/C(=C(\O)c3ccc(OC)c(OC)c3)C(=O)C(=O)N2c2cccc(NC(C)=O)c2)c1. The lowest BCUT2D eigenvalue weighted by atomic mass is 9.94. The molecule has 1 atom stereocenters. The third-order valence-corrected chi connectivity index (χ3v) is 5.96. The summed E-state index contributed by atoms with van der Waals surface area (Å²) in [6.07, 6.45) is 0. The number of carbonyl (C=O) groups is 3. The van der Waals surface area contributed by atoms with Crippen molar-refractivity contribution in [1.82, 2.24) is 0 Å². The van der Waals surface area contributed by atoms with Gasteiger partial charge in [0.15, 0.2) is 11.5 Å². The molecule has 9 nitrogen and oxygen atoms in total. The first-order valence-corrected chi connectivity index (χ1v) is 11.3. The molecule has 0 radical (unpaired) electrons. The Kier molecular flexibility index (Phi) is 7.15. The highest BCUT2D eigenvalue weighted by atomic mass is 16.5. The molecule has 2 amide bonds. The van der Waals surface area contributed by atoms with Gasteiger partial charge in [-0.25, -0.2) is 0 Å². The Hall–Kier alpha value is -4.79. The maximum atomic E-state index is 13.4. The van der Waals surface area contributed by atoms with Crippen LogP contribution in [-0.4, -0.2) is 44.0 Å². The zero-order chi connectivity index (χ0) is 26.7. The van der Waals surface area contributed by atoms with Gasteiger partial charge in [-0.15, -0.1) is 0 Å². The highest BCUT2D eigenvalue weighted by Gasteiger charge is 2.47. The molecule has 0 saturated carbocycles. The van der Waals surface area contributed by atoms with Gasteiger partial charge in [0.1, 0.15) is 11.5 Å². The summed E-state index contributed by atoms with van der Waals surface area (Å²) >= 11 is 0. The number of aliphatic hydroxyl groups excluding tert-OH is 1. The molecule has 4 rings (SSSR count). The number of nitrogens with one attached hydrogen (secondary N) is 1. The fourth-order valence-electron chi connectivity index (χ4n) is 4.30. The number of anilines is 2. The molecule has 1 unspecified atom stereocenters. The van der Waals surface area contributed by atoms with Crippen LogP contribution in [0.5, 0.6) is 17.2 Å². The van der Waals surface area contributed by atoms with Crippen molar-refractivity contribution in [2.45, 2.75) is 13.0 Å². The molecule has 1 saturated heterocycles. The molecule has 1 aliphatic rings. The number of ether oxygens (including phenoxy) is 3. The molecule has 0 spiro atoms. The number of amides is 2. The number of carbonyl (C=O) groups excluding carboxylic acids is 3. The second-order valence-corrected chi connectivity index (χ2v) is 8.25. The largest absolute Gasteiger partial charge is 0.507 e. The molecule has 1 heterocycles. The summed E-state index contributed by atoms with van der Waals surface area (Å²) < 4.78 is 16.0. The standard InChI is InChI=1S/C28H26N2O7/c1-16(31)29-19-8-6-9-20(15-19)30-25(17-7-5-10-21(13-17)35-2)24(27(33)28(30)34)26(32)18-11-12-22(36-3)23(14-18)37-4/h5-15,25,32H,1-4H3,(H,29,31)/b26-24+. The van der Waals surface area contributed by atoms with Crippen LogP contribution in [-0.2, 0) is 14.4 Å². The number of aliphatic hydroxyl groups is 1. The minimum atomic E-state index is -0.976. The first-order valence-electron chi connectivity index (χ1n) is 11.3.